The first-order valence-corrected chi connectivity index (χ1v) is 7.18. The van der Waals surface area contributed by atoms with Crippen molar-refractivity contribution in [1.29, 1.82) is 0 Å². The Labute approximate surface area is 127 Å². The Bertz CT molecular complexity index is 524. The van der Waals surface area contributed by atoms with Gasteiger partial charge >= 0.3 is 6.03 Å². The third-order valence-electron chi connectivity index (χ3n) is 3.57. The minimum absolute atomic E-state index is 0.121. The highest BCUT2D eigenvalue weighted by Crippen LogP contribution is 2.27. The number of carbonyl (C=O) groups is 1. The van der Waals surface area contributed by atoms with Crippen LogP contribution in [0.3, 0.4) is 0 Å². The Balaban J connectivity index is 2.09. The molecule has 1 aliphatic rings. The molecular formula is C15H20F2N2O3. The minimum atomic E-state index is -0.970. The molecule has 0 bridgehead atoms. The van der Waals surface area contributed by atoms with Crippen LogP contribution in [0.25, 0.3) is 0 Å². The van der Waals surface area contributed by atoms with Gasteiger partial charge < -0.3 is 20.1 Å². The molecular weight excluding hydrogens is 294 g/mol. The normalized spacial score (nSPS) is 15.5. The second kappa shape index (κ2) is 7.51. The van der Waals surface area contributed by atoms with E-state index in [0.29, 0.717) is 5.56 Å². The van der Waals surface area contributed by atoms with Crippen molar-refractivity contribution in [2.24, 2.45) is 0 Å². The summed E-state index contributed by atoms with van der Waals surface area (Å²) < 4.78 is 31.4. The van der Waals surface area contributed by atoms with E-state index >= 15 is 0 Å². The number of amides is 2. The molecule has 1 aromatic carbocycles. The lowest BCUT2D eigenvalue weighted by atomic mass is 10.1. The number of urea groups is 1. The summed E-state index contributed by atoms with van der Waals surface area (Å²) in [6.07, 6.45) is 1.82. The summed E-state index contributed by atoms with van der Waals surface area (Å²) in [6, 6.07) is 2.69. The molecule has 1 atom stereocenters. The van der Waals surface area contributed by atoms with Crippen LogP contribution < -0.4 is 5.32 Å². The van der Waals surface area contributed by atoms with E-state index in [4.69, 9.17) is 9.84 Å². The minimum Gasteiger partial charge on any atom is -0.395 e. The molecule has 0 aliphatic heterocycles. The Morgan fingerprint density at radius 3 is 2.73 bits per heavy atom. The maximum Gasteiger partial charge on any atom is 0.318 e. The third kappa shape index (κ3) is 4.14. The fourth-order valence-corrected chi connectivity index (χ4v) is 2.29. The van der Waals surface area contributed by atoms with Crippen LogP contribution in [0, 0.1) is 11.6 Å². The number of rotatable bonds is 7. The molecule has 0 heterocycles. The highest BCUT2D eigenvalue weighted by molar-refractivity contribution is 5.75. The summed E-state index contributed by atoms with van der Waals surface area (Å²) in [5.74, 6) is -1.91. The van der Waals surface area contributed by atoms with E-state index in [1.54, 1.807) is 4.90 Å². The van der Waals surface area contributed by atoms with Gasteiger partial charge in [-0.3, -0.25) is 0 Å². The number of aliphatic hydroxyl groups excluding tert-OH is 1. The second-order valence-corrected chi connectivity index (χ2v) is 5.28. The first-order valence-electron chi connectivity index (χ1n) is 7.18. The Morgan fingerprint density at radius 1 is 1.45 bits per heavy atom. The highest BCUT2D eigenvalue weighted by Gasteiger charge is 2.33. The maximum atomic E-state index is 13.4. The average molecular weight is 314 g/mol. The smallest absolute Gasteiger partial charge is 0.318 e. The summed E-state index contributed by atoms with van der Waals surface area (Å²) in [5, 5.41) is 11.8. The number of nitrogens with zero attached hydrogens (tertiary/aromatic N) is 1. The molecule has 122 valence electrons. The van der Waals surface area contributed by atoms with Gasteiger partial charge in [0.1, 0.15) is 0 Å². The fraction of sp³-hybridized carbons (Fsp3) is 0.533. The van der Waals surface area contributed by atoms with Crippen molar-refractivity contribution in [3.63, 3.8) is 0 Å². The molecule has 0 saturated heterocycles. The van der Waals surface area contributed by atoms with Crippen LogP contribution >= 0.6 is 0 Å². The molecule has 5 nitrogen and oxygen atoms in total. The maximum absolute atomic E-state index is 13.4. The molecule has 1 aromatic rings. The van der Waals surface area contributed by atoms with Gasteiger partial charge in [-0.15, -0.1) is 0 Å². The molecule has 2 N–H and O–H groups in total. The lowest BCUT2D eigenvalue weighted by Gasteiger charge is -2.26. The summed E-state index contributed by atoms with van der Waals surface area (Å²) in [6.45, 7) is 0.256. The quantitative estimate of drug-likeness (QED) is 0.807. The standard InChI is InChI=1S/C15H20F2N2O3/c1-22-9-14(10-2-5-12(16)13(17)8-10)18-15(21)19(6-7-20)11-3-4-11/h2,5,8,11,14,20H,3-4,6-7,9H2,1H3,(H,18,21). The van der Waals surface area contributed by atoms with Crippen LogP contribution in [0.1, 0.15) is 24.4 Å². The zero-order chi connectivity index (χ0) is 16.1. The number of ether oxygens (including phenoxy) is 1. The van der Waals surface area contributed by atoms with Crippen molar-refractivity contribution in [3.05, 3.63) is 35.4 Å². The van der Waals surface area contributed by atoms with E-state index in [1.165, 1.54) is 13.2 Å². The predicted octanol–water partition coefficient (Wildman–Crippen LogP) is 1.82. The van der Waals surface area contributed by atoms with Crippen molar-refractivity contribution >= 4 is 6.03 Å². The van der Waals surface area contributed by atoms with E-state index in [2.05, 4.69) is 5.32 Å². The van der Waals surface area contributed by atoms with E-state index in [0.717, 1.165) is 25.0 Å². The number of hydrogen-bond donors (Lipinski definition) is 2. The molecule has 1 unspecified atom stereocenters. The summed E-state index contributed by atoms with van der Waals surface area (Å²) in [7, 11) is 1.46. The van der Waals surface area contributed by atoms with E-state index in [1.807, 2.05) is 0 Å². The van der Waals surface area contributed by atoms with Crippen molar-refractivity contribution in [1.82, 2.24) is 10.2 Å². The van der Waals surface area contributed by atoms with Crippen LogP contribution in [0.15, 0.2) is 18.2 Å². The molecule has 0 radical (unpaired) electrons. The van der Waals surface area contributed by atoms with Gasteiger partial charge in [-0.05, 0) is 30.5 Å². The van der Waals surface area contributed by atoms with Gasteiger partial charge in [-0.1, -0.05) is 6.07 Å². The molecule has 0 spiro atoms. The summed E-state index contributed by atoms with van der Waals surface area (Å²) >= 11 is 0. The molecule has 1 saturated carbocycles. The number of nitrogens with one attached hydrogen (secondary N) is 1. The molecule has 7 heteroatoms. The molecule has 2 amide bonds. The van der Waals surface area contributed by atoms with Gasteiger partial charge in [0.15, 0.2) is 11.6 Å². The van der Waals surface area contributed by atoms with E-state index in [-0.39, 0.29) is 31.8 Å². The Morgan fingerprint density at radius 2 is 2.18 bits per heavy atom. The van der Waals surface area contributed by atoms with Gasteiger partial charge in [0, 0.05) is 19.7 Å². The summed E-state index contributed by atoms with van der Waals surface area (Å²) in [5.41, 5.74) is 0.425. The van der Waals surface area contributed by atoms with Crippen LogP contribution in [0.5, 0.6) is 0 Å². The fourth-order valence-electron chi connectivity index (χ4n) is 2.29. The van der Waals surface area contributed by atoms with Crippen LogP contribution in [-0.2, 0) is 4.74 Å². The van der Waals surface area contributed by atoms with Gasteiger partial charge in [0.05, 0.1) is 19.3 Å². The lowest BCUT2D eigenvalue weighted by molar-refractivity contribution is 0.146. The van der Waals surface area contributed by atoms with Crippen molar-refractivity contribution < 1.29 is 23.4 Å². The van der Waals surface area contributed by atoms with Gasteiger partial charge in [-0.25, -0.2) is 13.6 Å². The Kier molecular flexibility index (Phi) is 5.68. The molecule has 1 fully saturated rings. The van der Waals surface area contributed by atoms with Crippen LogP contribution in [0.2, 0.25) is 0 Å². The second-order valence-electron chi connectivity index (χ2n) is 5.28. The number of carbonyl (C=O) groups excluding carboxylic acids is 1. The highest BCUT2D eigenvalue weighted by atomic mass is 19.2. The predicted molar refractivity (Wildman–Crippen MR) is 76.3 cm³/mol. The number of aliphatic hydroxyl groups is 1. The SMILES string of the molecule is COCC(NC(=O)N(CCO)C1CC1)c1ccc(F)c(F)c1. The molecule has 1 aliphatic carbocycles. The topological polar surface area (TPSA) is 61.8 Å². The van der Waals surface area contributed by atoms with E-state index in [9.17, 15) is 13.6 Å². The zero-order valence-corrected chi connectivity index (χ0v) is 12.4. The van der Waals surface area contributed by atoms with Crippen molar-refractivity contribution in [3.8, 4) is 0 Å². The molecule has 0 aromatic heterocycles. The number of benzene rings is 1. The number of methoxy groups -OCH3 is 1. The van der Waals surface area contributed by atoms with E-state index < -0.39 is 17.7 Å². The third-order valence-corrected chi connectivity index (χ3v) is 3.57. The van der Waals surface area contributed by atoms with Crippen molar-refractivity contribution in [2.75, 3.05) is 26.9 Å². The monoisotopic (exact) mass is 314 g/mol. The first-order chi connectivity index (χ1) is 10.6. The van der Waals surface area contributed by atoms with Crippen LogP contribution in [-0.4, -0.2) is 48.9 Å². The zero-order valence-electron chi connectivity index (χ0n) is 12.4. The van der Waals surface area contributed by atoms with Crippen LogP contribution in [0.4, 0.5) is 13.6 Å². The summed E-state index contributed by atoms with van der Waals surface area (Å²) in [4.78, 5) is 13.9. The Hall–Kier alpha value is -1.73. The molecule has 2 rings (SSSR count). The first kappa shape index (κ1) is 16.6. The number of halogens is 2. The lowest BCUT2D eigenvalue weighted by Crippen LogP contribution is -2.45. The van der Waals surface area contributed by atoms with Gasteiger partial charge in [-0.2, -0.15) is 0 Å². The number of hydrogen-bond acceptors (Lipinski definition) is 3. The largest absolute Gasteiger partial charge is 0.395 e. The van der Waals surface area contributed by atoms with Gasteiger partial charge in [0.2, 0.25) is 0 Å². The van der Waals surface area contributed by atoms with Crippen molar-refractivity contribution in [2.45, 2.75) is 24.9 Å². The average Bonchev–Trinajstić information content (AvgIpc) is 3.31. The van der Waals surface area contributed by atoms with Gasteiger partial charge in [0.25, 0.3) is 0 Å². The molecule has 22 heavy (non-hydrogen) atoms.